The molecule has 0 bridgehead atoms. The minimum Gasteiger partial charge on any atom is -0.444 e. The molecule has 1 atom stereocenters. The number of carbonyl (C=O) groups excluding carboxylic acids is 1. The smallest absolute Gasteiger partial charge is 0.410 e. The summed E-state index contributed by atoms with van der Waals surface area (Å²) in [5.41, 5.74) is 0.644. The maximum Gasteiger partial charge on any atom is 0.410 e. The highest BCUT2D eigenvalue weighted by Gasteiger charge is 2.26. The molecule has 1 amide bonds. The number of thiazole rings is 1. The van der Waals surface area contributed by atoms with Gasteiger partial charge in [-0.25, -0.2) is 14.8 Å². The number of amides is 1. The molecule has 3 heterocycles. The van der Waals surface area contributed by atoms with E-state index >= 15 is 0 Å². The summed E-state index contributed by atoms with van der Waals surface area (Å²) in [6.07, 6.45) is 4.06. The van der Waals surface area contributed by atoms with Gasteiger partial charge in [-0.15, -0.1) is 11.3 Å². The summed E-state index contributed by atoms with van der Waals surface area (Å²) in [5.74, 6) is 0.969. The quantitative estimate of drug-likeness (QED) is 0.858. The first-order valence-corrected chi connectivity index (χ1v) is 9.94. The molecule has 146 valence electrons. The molecule has 1 N–H and O–H groups in total. The van der Waals surface area contributed by atoms with Gasteiger partial charge in [0.05, 0.1) is 13.2 Å². The van der Waals surface area contributed by atoms with Gasteiger partial charge in [-0.2, -0.15) is 0 Å². The van der Waals surface area contributed by atoms with Crippen LogP contribution in [0, 0.1) is 5.92 Å². The number of aromatic nitrogens is 2. The van der Waals surface area contributed by atoms with Gasteiger partial charge in [-0.1, -0.05) is 0 Å². The van der Waals surface area contributed by atoms with E-state index in [1.165, 1.54) is 11.3 Å². The van der Waals surface area contributed by atoms with Crippen molar-refractivity contribution in [2.75, 3.05) is 31.6 Å². The Morgan fingerprint density at radius 3 is 3.00 bits per heavy atom. The molecule has 1 unspecified atom stereocenters. The Labute approximate surface area is 163 Å². The van der Waals surface area contributed by atoms with Crippen molar-refractivity contribution in [3.05, 3.63) is 35.5 Å². The zero-order valence-electron chi connectivity index (χ0n) is 16.0. The van der Waals surface area contributed by atoms with E-state index < -0.39 is 5.60 Å². The number of nitrogens with one attached hydrogen (secondary N) is 1. The fourth-order valence-corrected chi connectivity index (χ4v) is 3.43. The van der Waals surface area contributed by atoms with Gasteiger partial charge in [0, 0.05) is 36.8 Å². The van der Waals surface area contributed by atoms with Gasteiger partial charge in [0.15, 0.2) is 5.13 Å². The molecular formula is C19H26N4O3S. The zero-order chi connectivity index (χ0) is 19.3. The number of anilines is 2. The van der Waals surface area contributed by atoms with Crippen molar-refractivity contribution in [3.8, 4) is 0 Å². The molecule has 1 saturated heterocycles. The van der Waals surface area contributed by atoms with Crippen LogP contribution in [0.25, 0.3) is 0 Å². The second-order valence-corrected chi connectivity index (χ2v) is 8.48. The van der Waals surface area contributed by atoms with Gasteiger partial charge in [0.25, 0.3) is 0 Å². The third kappa shape index (κ3) is 6.18. The van der Waals surface area contributed by atoms with Crippen LogP contribution in [0.3, 0.4) is 0 Å². The standard InChI is InChI=1S/C19H26N4O3S/c1-19(2,3)26-18(24)23-7-8-25-13-15(12-23)10-14-4-5-20-16(11-14)22-17-21-6-9-27-17/h4-6,9,11,15H,7-8,10,12-13H2,1-3H3,(H,20,21,22). The van der Waals surface area contributed by atoms with Gasteiger partial charge in [0.1, 0.15) is 11.4 Å². The maximum atomic E-state index is 12.4. The van der Waals surface area contributed by atoms with Gasteiger partial charge >= 0.3 is 6.09 Å². The summed E-state index contributed by atoms with van der Waals surface area (Å²) in [6, 6.07) is 4.01. The first-order valence-electron chi connectivity index (χ1n) is 9.06. The van der Waals surface area contributed by atoms with Crippen molar-refractivity contribution < 1.29 is 14.3 Å². The minimum absolute atomic E-state index is 0.204. The minimum atomic E-state index is -0.499. The van der Waals surface area contributed by atoms with Crippen LogP contribution in [0.1, 0.15) is 26.3 Å². The summed E-state index contributed by atoms with van der Waals surface area (Å²) in [5, 5.41) is 5.94. The highest BCUT2D eigenvalue weighted by Crippen LogP contribution is 2.20. The molecule has 0 radical (unpaired) electrons. The number of rotatable bonds is 4. The van der Waals surface area contributed by atoms with Crippen LogP contribution in [0.15, 0.2) is 29.9 Å². The molecule has 1 aliphatic rings. The molecule has 8 heteroatoms. The highest BCUT2D eigenvalue weighted by atomic mass is 32.1. The number of nitrogens with zero attached hydrogens (tertiary/aromatic N) is 3. The van der Waals surface area contributed by atoms with E-state index in [4.69, 9.17) is 9.47 Å². The lowest BCUT2D eigenvalue weighted by Gasteiger charge is -2.27. The van der Waals surface area contributed by atoms with E-state index in [2.05, 4.69) is 15.3 Å². The Hall–Kier alpha value is -2.19. The Bertz CT molecular complexity index is 746. The lowest BCUT2D eigenvalue weighted by Crippen LogP contribution is -2.40. The van der Waals surface area contributed by atoms with Crippen molar-refractivity contribution in [1.82, 2.24) is 14.9 Å². The molecular weight excluding hydrogens is 364 g/mol. The topological polar surface area (TPSA) is 76.6 Å². The SMILES string of the molecule is CC(C)(C)OC(=O)N1CCOCC(Cc2ccnc(Nc3nccs3)c2)C1. The van der Waals surface area contributed by atoms with Crippen LogP contribution in [-0.2, 0) is 15.9 Å². The molecule has 0 saturated carbocycles. The lowest BCUT2D eigenvalue weighted by molar-refractivity contribution is 0.0233. The normalized spacial score (nSPS) is 18.0. The van der Waals surface area contributed by atoms with E-state index in [9.17, 15) is 4.79 Å². The molecule has 2 aromatic rings. The zero-order valence-corrected chi connectivity index (χ0v) is 16.8. The van der Waals surface area contributed by atoms with E-state index in [-0.39, 0.29) is 12.0 Å². The van der Waals surface area contributed by atoms with E-state index in [1.54, 1.807) is 17.3 Å². The van der Waals surface area contributed by atoms with Crippen molar-refractivity contribution >= 4 is 28.4 Å². The summed E-state index contributed by atoms with van der Waals surface area (Å²) in [7, 11) is 0. The van der Waals surface area contributed by atoms with Crippen LogP contribution in [0.4, 0.5) is 15.7 Å². The highest BCUT2D eigenvalue weighted by molar-refractivity contribution is 7.13. The van der Waals surface area contributed by atoms with Crippen molar-refractivity contribution in [2.45, 2.75) is 32.8 Å². The van der Waals surface area contributed by atoms with Crippen LogP contribution < -0.4 is 5.32 Å². The number of ether oxygens (including phenoxy) is 2. The second-order valence-electron chi connectivity index (χ2n) is 7.58. The maximum absolute atomic E-state index is 12.4. The largest absolute Gasteiger partial charge is 0.444 e. The molecule has 27 heavy (non-hydrogen) atoms. The molecule has 2 aromatic heterocycles. The third-order valence-electron chi connectivity index (χ3n) is 4.01. The van der Waals surface area contributed by atoms with E-state index in [0.717, 1.165) is 22.9 Å². The first-order chi connectivity index (χ1) is 12.9. The first kappa shape index (κ1) is 19.6. The van der Waals surface area contributed by atoms with Gasteiger partial charge in [0.2, 0.25) is 0 Å². The molecule has 7 nitrogen and oxygen atoms in total. The van der Waals surface area contributed by atoms with Crippen molar-refractivity contribution in [1.29, 1.82) is 0 Å². The molecule has 0 aromatic carbocycles. The predicted octanol–water partition coefficient (Wildman–Crippen LogP) is 3.71. The molecule has 1 aliphatic heterocycles. The Balaban J connectivity index is 1.63. The molecule has 1 fully saturated rings. The lowest BCUT2D eigenvalue weighted by atomic mass is 10.0. The number of pyridine rings is 1. The molecule has 3 rings (SSSR count). The predicted molar refractivity (Wildman–Crippen MR) is 105 cm³/mol. The van der Waals surface area contributed by atoms with Gasteiger partial charge in [-0.05, 0) is 44.9 Å². The average molecular weight is 391 g/mol. The summed E-state index contributed by atoms with van der Waals surface area (Å²) in [6.45, 7) is 7.96. The monoisotopic (exact) mass is 390 g/mol. The second kappa shape index (κ2) is 8.67. The Kier molecular flexibility index (Phi) is 6.28. The fraction of sp³-hybridized carbons (Fsp3) is 0.526. The summed E-state index contributed by atoms with van der Waals surface area (Å²) < 4.78 is 11.2. The number of hydrogen-bond donors (Lipinski definition) is 1. The average Bonchev–Trinajstić information content (AvgIpc) is 2.97. The Morgan fingerprint density at radius 2 is 2.26 bits per heavy atom. The van der Waals surface area contributed by atoms with E-state index in [1.807, 2.05) is 38.3 Å². The van der Waals surface area contributed by atoms with Crippen LogP contribution in [-0.4, -0.2) is 52.9 Å². The van der Waals surface area contributed by atoms with Gasteiger partial charge in [-0.3, -0.25) is 0 Å². The molecule has 0 aliphatic carbocycles. The van der Waals surface area contributed by atoms with E-state index in [0.29, 0.717) is 26.3 Å². The van der Waals surface area contributed by atoms with Crippen LogP contribution in [0.2, 0.25) is 0 Å². The summed E-state index contributed by atoms with van der Waals surface area (Å²) in [4.78, 5) is 22.7. The Morgan fingerprint density at radius 1 is 1.41 bits per heavy atom. The van der Waals surface area contributed by atoms with Gasteiger partial charge < -0.3 is 19.7 Å². The van der Waals surface area contributed by atoms with Crippen molar-refractivity contribution in [2.24, 2.45) is 5.92 Å². The van der Waals surface area contributed by atoms with Crippen LogP contribution in [0.5, 0.6) is 0 Å². The molecule has 0 spiro atoms. The third-order valence-corrected chi connectivity index (χ3v) is 4.69. The van der Waals surface area contributed by atoms with Crippen molar-refractivity contribution in [3.63, 3.8) is 0 Å². The number of hydrogen-bond acceptors (Lipinski definition) is 7. The number of carbonyl (C=O) groups is 1. The van der Waals surface area contributed by atoms with Crippen LogP contribution >= 0.6 is 11.3 Å². The fourth-order valence-electron chi connectivity index (χ4n) is 2.89. The summed E-state index contributed by atoms with van der Waals surface area (Å²) >= 11 is 1.53.